The van der Waals surface area contributed by atoms with Gasteiger partial charge in [0.05, 0.1) is 23.2 Å². The van der Waals surface area contributed by atoms with Crippen molar-refractivity contribution in [1.82, 2.24) is 14.9 Å². The second-order valence-corrected chi connectivity index (χ2v) is 5.63. The number of carbonyl (C=O) groups excluding carboxylic acids is 2. The van der Waals surface area contributed by atoms with Gasteiger partial charge in [-0.05, 0) is 31.2 Å². The van der Waals surface area contributed by atoms with E-state index in [-0.39, 0.29) is 17.7 Å². The average Bonchev–Trinajstić information content (AvgIpc) is 2.79. The summed E-state index contributed by atoms with van der Waals surface area (Å²) in [5, 5.41) is 0.922. The van der Waals surface area contributed by atoms with E-state index in [9.17, 15) is 14.0 Å². The Hall–Kier alpha value is -3.15. The van der Waals surface area contributed by atoms with Crippen LogP contribution >= 0.6 is 0 Å². The lowest BCUT2D eigenvalue weighted by molar-refractivity contribution is 0.0638. The van der Waals surface area contributed by atoms with Crippen LogP contribution in [-0.2, 0) is 6.54 Å². The number of nitrogens with zero attached hydrogens (tertiary/aromatic N) is 3. The minimum atomic E-state index is -0.547. The van der Waals surface area contributed by atoms with Crippen LogP contribution in [0.4, 0.5) is 4.39 Å². The van der Waals surface area contributed by atoms with Crippen LogP contribution in [-0.4, -0.2) is 26.7 Å². The van der Waals surface area contributed by atoms with Crippen molar-refractivity contribution in [2.75, 3.05) is 0 Å². The van der Waals surface area contributed by atoms with Gasteiger partial charge in [-0.15, -0.1) is 0 Å². The standard InChI is InChI=1S/C18H12FN3O2/c1-10-12-4-2-3-5-15(12)21-16(20-10)9-22-17(23)13-7-6-11(19)8-14(13)18(22)24/h2-8H,9H2,1H3. The molecule has 0 fully saturated rings. The number of aromatic nitrogens is 2. The number of rotatable bonds is 2. The molecule has 4 rings (SSSR count). The number of aryl methyl sites for hydroxylation is 1. The molecule has 0 atom stereocenters. The quantitative estimate of drug-likeness (QED) is 0.681. The topological polar surface area (TPSA) is 63.2 Å². The normalized spacial score (nSPS) is 13.7. The van der Waals surface area contributed by atoms with E-state index < -0.39 is 17.6 Å². The molecule has 0 bridgehead atoms. The first kappa shape index (κ1) is 14.4. The smallest absolute Gasteiger partial charge is 0.262 e. The molecule has 2 amide bonds. The summed E-state index contributed by atoms with van der Waals surface area (Å²) < 4.78 is 13.3. The molecule has 24 heavy (non-hydrogen) atoms. The molecule has 1 aliphatic rings. The van der Waals surface area contributed by atoms with Gasteiger partial charge >= 0.3 is 0 Å². The largest absolute Gasteiger partial charge is 0.269 e. The summed E-state index contributed by atoms with van der Waals surface area (Å²) in [6.07, 6.45) is 0. The fraction of sp³-hybridized carbons (Fsp3) is 0.111. The van der Waals surface area contributed by atoms with E-state index in [0.717, 1.165) is 27.6 Å². The van der Waals surface area contributed by atoms with E-state index in [1.165, 1.54) is 12.1 Å². The molecular formula is C18H12FN3O2. The molecule has 0 radical (unpaired) electrons. The summed E-state index contributed by atoms with van der Waals surface area (Å²) in [6.45, 7) is 1.81. The maximum atomic E-state index is 13.3. The number of hydrogen-bond acceptors (Lipinski definition) is 4. The predicted octanol–water partition coefficient (Wildman–Crippen LogP) is 2.87. The van der Waals surface area contributed by atoms with E-state index in [1.807, 2.05) is 31.2 Å². The zero-order valence-electron chi connectivity index (χ0n) is 12.8. The SMILES string of the molecule is Cc1nc(CN2C(=O)c3ccc(F)cc3C2=O)nc2ccccc12. The van der Waals surface area contributed by atoms with Crippen LogP contribution in [0, 0.1) is 12.7 Å². The van der Waals surface area contributed by atoms with Gasteiger partial charge in [-0.3, -0.25) is 14.5 Å². The molecule has 118 valence electrons. The first-order valence-electron chi connectivity index (χ1n) is 7.42. The Morgan fingerprint density at radius 3 is 2.58 bits per heavy atom. The van der Waals surface area contributed by atoms with E-state index >= 15 is 0 Å². The van der Waals surface area contributed by atoms with Gasteiger partial charge in [-0.2, -0.15) is 0 Å². The summed E-state index contributed by atoms with van der Waals surface area (Å²) in [5.41, 5.74) is 1.82. The molecule has 1 aromatic heterocycles. The third kappa shape index (κ3) is 2.15. The number of para-hydroxylation sites is 1. The van der Waals surface area contributed by atoms with Gasteiger partial charge in [0.1, 0.15) is 11.6 Å². The van der Waals surface area contributed by atoms with Crippen LogP contribution < -0.4 is 0 Å². The molecule has 2 heterocycles. The minimum Gasteiger partial charge on any atom is -0.269 e. The molecule has 0 unspecified atom stereocenters. The first-order valence-corrected chi connectivity index (χ1v) is 7.42. The van der Waals surface area contributed by atoms with Crippen LogP contribution in [0.15, 0.2) is 42.5 Å². The van der Waals surface area contributed by atoms with Gasteiger partial charge in [0, 0.05) is 11.1 Å². The van der Waals surface area contributed by atoms with Crippen molar-refractivity contribution in [1.29, 1.82) is 0 Å². The molecule has 0 aliphatic carbocycles. The molecule has 1 aliphatic heterocycles. The van der Waals surface area contributed by atoms with Crippen molar-refractivity contribution in [3.63, 3.8) is 0 Å². The maximum Gasteiger partial charge on any atom is 0.262 e. The molecule has 5 nitrogen and oxygen atoms in total. The van der Waals surface area contributed by atoms with E-state index in [4.69, 9.17) is 0 Å². The summed E-state index contributed by atoms with van der Waals surface area (Å²) in [4.78, 5) is 34.6. The summed E-state index contributed by atoms with van der Waals surface area (Å²) >= 11 is 0. The van der Waals surface area contributed by atoms with Crippen molar-refractivity contribution < 1.29 is 14.0 Å². The predicted molar refractivity (Wildman–Crippen MR) is 84.9 cm³/mol. The average molecular weight is 321 g/mol. The van der Waals surface area contributed by atoms with Crippen LogP contribution in [0.25, 0.3) is 10.9 Å². The van der Waals surface area contributed by atoms with E-state index in [1.54, 1.807) is 0 Å². The van der Waals surface area contributed by atoms with Crippen molar-refractivity contribution in [3.05, 3.63) is 70.9 Å². The second kappa shape index (κ2) is 5.19. The minimum absolute atomic E-state index is 0.0420. The Labute approximate surface area is 136 Å². The Morgan fingerprint density at radius 2 is 1.75 bits per heavy atom. The van der Waals surface area contributed by atoms with Gasteiger partial charge < -0.3 is 0 Å². The van der Waals surface area contributed by atoms with Crippen LogP contribution in [0.5, 0.6) is 0 Å². The van der Waals surface area contributed by atoms with E-state index in [2.05, 4.69) is 9.97 Å². The molecule has 3 aromatic rings. The van der Waals surface area contributed by atoms with Gasteiger partial charge in [0.2, 0.25) is 0 Å². The fourth-order valence-electron chi connectivity index (χ4n) is 2.91. The summed E-state index contributed by atoms with van der Waals surface area (Å²) in [6, 6.07) is 11.1. The first-order chi connectivity index (χ1) is 11.5. The number of fused-ring (bicyclic) bond motifs is 2. The van der Waals surface area contributed by atoms with Gasteiger partial charge in [-0.25, -0.2) is 14.4 Å². The highest BCUT2D eigenvalue weighted by molar-refractivity contribution is 6.21. The number of amides is 2. The summed E-state index contributed by atoms with van der Waals surface area (Å²) in [7, 11) is 0. The van der Waals surface area contributed by atoms with Crippen molar-refractivity contribution in [2.45, 2.75) is 13.5 Å². The number of halogens is 1. The van der Waals surface area contributed by atoms with Gasteiger partial charge in [0.15, 0.2) is 0 Å². The number of imide groups is 1. The zero-order chi connectivity index (χ0) is 16.8. The molecule has 0 saturated heterocycles. The fourth-order valence-corrected chi connectivity index (χ4v) is 2.91. The Bertz CT molecular complexity index is 1020. The second-order valence-electron chi connectivity index (χ2n) is 5.63. The molecule has 6 heteroatoms. The van der Waals surface area contributed by atoms with Gasteiger partial charge in [0.25, 0.3) is 11.8 Å². The van der Waals surface area contributed by atoms with Crippen molar-refractivity contribution in [3.8, 4) is 0 Å². The number of hydrogen-bond donors (Lipinski definition) is 0. The maximum absolute atomic E-state index is 13.3. The molecule has 0 spiro atoms. The van der Waals surface area contributed by atoms with Crippen molar-refractivity contribution in [2.24, 2.45) is 0 Å². The summed E-state index contributed by atoms with van der Waals surface area (Å²) in [5.74, 6) is -1.15. The highest BCUT2D eigenvalue weighted by Gasteiger charge is 2.36. The molecule has 2 aromatic carbocycles. The Morgan fingerprint density at radius 1 is 1.00 bits per heavy atom. The van der Waals surface area contributed by atoms with Crippen LogP contribution in [0.1, 0.15) is 32.2 Å². The number of benzene rings is 2. The zero-order valence-corrected chi connectivity index (χ0v) is 12.8. The molecular weight excluding hydrogens is 309 g/mol. The van der Waals surface area contributed by atoms with Crippen LogP contribution in [0.3, 0.4) is 0 Å². The third-order valence-electron chi connectivity index (χ3n) is 4.07. The highest BCUT2D eigenvalue weighted by Crippen LogP contribution is 2.25. The van der Waals surface area contributed by atoms with Crippen molar-refractivity contribution >= 4 is 22.7 Å². The van der Waals surface area contributed by atoms with Gasteiger partial charge in [-0.1, -0.05) is 18.2 Å². The molecule has 0 saturated carbocycles. The highest BCUT2D eigenvalue weighted by atomic mass is 19.1. The third-order valence-corrected chi connectivity index (χ3v) is 4.07. The number of carbonyl (C=O) groups is 2. The molecule has 0 N–H and O–H groups in total. The lowest BCUT2D eigenvalue weighted by Gasteiger charge is -2.13. The lowest BCUT2D eigenvalue weighted by atomic mass is 10.1. The lowest BCUT2D eigenvalue weighted by Crippen LogP contribution is -2.30. The van der Waals surface area contributed by atoms with Crippen LogP contribution in [0.2, 0.25) is 0 Å². The Balaban J connectivity index is 1.72. The Kier molecular flexibility index (Phi) is 3.13. The monoisotopic (exact) mass is 321 g/mol. The van der Waals surface area contributed by atoms with E-state index in [0.29, 0.717) is 5.82 Å².